The van der Waals surface area contributed by atoms with E-state index in [-0.39, 0.29) is 24.0 Å². The van der Waals surface area contributed by atoms with Crippen LogP contribution in [0, 0.1) is 0 Å². The van der Waals surface area contributed by atoms with Gasteiger partial charge >= 0.3 is 0 Å². The predicted octanol–water partition coefficient (Wildman–Crippen LogP) is 3.40. The number of rotatable bonds is 9. The molecule has 0 amide bonds. The molecule has 0 radical (unpaired) electrons. The average Bonchev–Trinajstić information content (AvgIpc) is 2.52. The lowest BCUT2D eigenvalue weighted by molar-refractivity contribution is 0.647. The van der Waals surface area contributed by atoms with Crippen LogP contribution in [-0.2, 0) is 6.54 Å². The Morgan fingerprint density at radius 2 is 1.96 bits per heavy atom. The summed E-state index contributed by atoms with van der Waals surface area (Å²) in [6.45, 7) is 6.83. The minimum Gasteiger partial charge on any atom is -0.363 e. The Balaban J connectivity index is 0.00000484. The van der Waals surface area contributed by atoms with Crippen LogP contribution < -0.4 is 15.5 Å². The average molecular weight is 433 g/mol. The second kappa shape index (κ2) is 13.4. The van der Waals surface area contributed by atoms with Gasteiger partial charge in [0.15, 0.2) is 5.96 Å². The van der Waals surface area contributed by atoms with E-state index in [4.69, 9.17) is 0 Å². The molecule has 0 saturated heterocycles. The van der Waals surface area contributed by atoms with Crippen molar-refractivity contribution in [1.82, 2.24) is 15.6 Å². The number of aliphatic imine (C=N–C) groups is 1. The lowest BCUT2D eigenvalue weighted by Gasteiger charge is -2.13. The van der Waals surface area contributed by atoms with Crippen molar-refractivity contribution in [3.63, 3.8) is 0 Å². The molecule has 0 aliphatic rings. The smallest absolute Gasteiger partial charge is 0.191 e. The first-order valence-corrected chi connectivity index (χ1v) is 8.31. The van der Waals surface area contributed by atoms with Gasteiger partial charge in [0.05, 0.1) is 6.54 Å². The number of halogens is 1. The quantitative estimate of drug-likeness (QED) is 0.271. The van der Waals surface area contributed by atoms with Gasteiger partial charge in [-0.25, -0.2) is 9.98 Å². The zero-order chi connectivity index (χ0) is 16.2. The van der Waals surface area contributed by atoms with Crippen LogP contribution in [-0.4, -0.2) is 38.1 Å². The summed E-state index contributed by atoms with van der Waals surface area (Å²) in [6, 6.07) is 4.09. The lowest BCUT2D eigenvalue weighted by atomic mass is 10.2. The fraction of sp³-hybridized carbons (Fsp3) is 0.647. The Bertz CT molecular complexity index is 448. The van der Waals surface area contributed by atoms with Crippen molar-refractivity contribution in [2.45, 2.75) is 46.1 Å². The molecule has 23 heavy (non-hydrogen) atoms. The largest absolute Gasteiger partial charge is 0.363 e. The van der Waals surface area contributed by atoms with Crippen LogP contribution in [0.1, 0.15) is 45.1 Å². The lowest BCUT2D eigenvalue weighted by Crippen LogP contribution is -2.37. The molecule has 6 heteroatoms. The Morgan fingerprint density at radius 1 is 1.17 bits per heavy atom. The first-order valence-electron chi connectivity index (χ1n) is 8.31. The van der Waals surface area contributed by atoms with Crippen LogP contribution in [0.5, 0.6) is 0 Å². The van der Waals surface area contributed by atoms with Crippen LogP contribution in [0.4, 0.5) is 5.82 Å². The fourth-order valence-corrected chi connectivity index (χ4v) is 2.07. The Kier molecular flexibility index (Phi) is 12.8. The van der Waals surface area contributed by atoms with Crippen molar-refractivity contribution < 1.29 is 0 Å². The van der Waals surface area contributed by atoms with Gasteiger partial charge in [-0.15, -0.1) is 24.0 Å². The molecule has 2 N–H and O–H groups in total. The Labute approximate surface area is 158 Å². The predicted molar refractivity (Wildman–Crippen MR) is 111 cm³/mol. The van der Waals surface area contributed by atoms with E-state index in [9.17, 15) is 0 Å². The van der Waals surface area contributed by atoms with Crippen LogP contribution in [0.2, 0.25) is 0 Å². The standard InChI is InChI=1S/C17H31N5.HI/c1-5-7-8-9-11-20-17(18-6-2)21-14-15-10-12-19-16(13-15)22(3)4;/h10,12-13H,5-9,11,14H2,1-4H3,(H2,18,20,21);1H. The van der Waals surface area contributed by atoms with Crippen molar-refractivity contribution in [1.29, 1.82) is 0 Å². The molecule has 132 valence electrons. The molecule has 0 atom stereocenters. The number of hydrogen-bond donors (Lipinski definition) is 2. The van der Waals surface area contributed by atoms with Crippen molar-refractivity contribution in [2.75, 3.05) is 32.1 Å². The maximum absolute atomic E-state index is 4.65. The molecular weight excluding hydrogens is 401 g/mol. The molecule has 1 rings (SSSR count). The highest BCUT2D eigenvalue weighted by molar-refractivity contribution is 14.0. The van der Waals surface area contributed by atoms with Crippen molar-refractivity contribution in [3.05, 3.63) is 23.9 Å². The number of guanidine groups is 1. The molecule has 0 fully saturated rings. The van der Waals surface area contributed by atoms with Crippen molar-refractivity contribution in [2.24, 2.45) is 4.99 Å². The fourth-order valence-electron chi connectivity index (χ4n) is 2.07. The van der Waals surface area contributed by atoms with E-state index >= 15 is 0 Å². The number of pyridine rings is 1. The van der Waals surface area contributed by atoms with E-state index in [1.54, 1.807) is 0 Å². The Hall–Kier alpha value is -1.05. The van der Waals surface area contributed by atoms with Crippen LogP contribution in [0.15, 0.2) is 23.3 Å². The van der Waals surface area contributed by atoms with Gasteiger partial charge in [0.2, 0.25) is 0 Å². The summed E-state index contributed by atoms with van der Waals surface area (Å²) < 4.78 is 0. The minimum absolute atomic E-state index is 0. The first-order chi connectivity index (χ1) is 10.7. The third-order valence-corrected chi connectivity index (χ3v) is 3.35. The number of hydrogen-bond acceptors (Lipinski definition) is 3. The highest BCUT2D eigenvalue weighted by Crippen LogP contribution is 2.10. The molecule has 0 aliphatic heterocycles. The molecular formula is C17H32IN5. The molecule has 1 heterocycles. The summed E-state index contributed by atoms with van der Waals surface area (Å²) in [7, 11) is 3.99. The highest BCUT2D eigenvalue weighted by atomic mass is 127. The van der Waals surface area contributed by atoms with Crippen molar-refractivity contribution >= 4 is 35.8 Å². The van der Waals surface area contributed by atoms with Gasteiger partial charge < -0.3 is 15.5 Å². The van der Waals surface area contributed by atoms with Crippen LogP contribution >= 0.6 is 24.0 Å². The normalized spacial score (nSPS) is 10.9. The summed E-state index contributed by atoms with van der Waals surface area (Å²) >= 11 is 0. The van der Waals surface area contributed by atoms with E-state index < -0.39 is 0 Å². The van der Waals surface area contributed by atoms with Gasteiger partial charge in [-0.3, -0.25) is 0 Å². The van der Waals surface area contributed by atoms with Gasteiger partial charge in [-0.1, -0.05) is 26.2 Å². The summed E-state index contributed by atoms with van der Waals surface area (Å²) in [4.78, 5) is 11.0. The topological polar surface area (TPSA) is 52.6 Å². The summed E-state index contributed by atoms with van der Waals surface area (Å²) in [5, 5.41) is 6.69. The molecule has 0 unspecified atom stereocenters. The first kappa shape index (κ1) is 21.9. The summed E-state index contributed by atoms with van der Waals surface area (Å²) in [5.74, 6) is 1.85. The molecule has 0 saturated carbocycles. The molecule has 0 spiro atoms. The molecule has 0 bridgehead atoms. The molecule has 1 aromatic heterocycles. The zero-order valence-electron chi connectivity index (χ0n) is 14.9. The van der Waals surface area contributed by atoms with Gasteiger partial charge in [0.1, 0.15) is 5.82 Å². The van der Waals surface area contributed by atoms with Crippen molar-refractivity contribution in [3.8, 4) is 0 Å². The number of unbranched alkanes of at least 4 members (excludes halogenated alkanes) is 3. The summed E-state index contributed by atoms with van der Waals surface area (Å²) in [6.07, 6.45) is 6.88. The van der Waals surface area contributed by atoms with Gasteiger partial charge in [-0.05, 0) is 31.0 Å². The minimum atomic E-state index is 0. The monoisotopic (exact) mass is 433 g/mol. The van der Waals surface area contributed by atoms with E-state index in [1.165, 1.54) is 31.2 Å². The third-order valence-electron chi connectivity index (χ3n) is 3.35. The number of nitrogens with one attached hydrogen (secondary N) is 2. The summed E-state index contributed by atoms with van der Waals surface area (Å²) in [5.41, 5.74) is 1.17. The van der Waals surface area contributed by atoms with Gasteiger partial charge in [-0.2, -0.15) is 0 Å². The molecule has 5 nitrogen and oxygen atoms in total. The number of nitrogens with zero attached hydrogens (tertiary/aromatic N) is 3. The number of anilines is 1. The van der Waals surface area contributed by atoms with E-state index in [0.717, 1.165) is 24.9 Å². The van der Waals surface area contributed by atoms with E-state index in [0.29, 0.717) is 6.54 Å². The SMILES string of the molecule is CCCCCCNC(=NCc1ccnc(N(C)C)c1)NCC.I. The Morgan fingerprint density at radius 3 is 2.61 bits per heavy atom. The second-order valence-electron chi connectivity index (χ2n) is 5.60. The third kappa shape index (κ3) is 9.63. The number of aromatic nitrogens is 1. The molecule has 1 aromatic rings. The zero-order valence-corrected chi connectivity index (χ0v) is 17.3. The van der Waals surface area contributed by atoms with E-state index in [2.05, 4.69) is 40.5 Å². The van der Waals surface area contributed by atoms with Crippen LogP contribution in [0.25, 0.3) is 0 Å². The molecule has 0 aliphatic carbocycles. The highest BCUT2D eigenvalue weighted by Gasteiger charge is 2.00. The second-order valence-corrected chi connectivity index (χ2v) is 5.60. The van der Waals surface area contributed by atoms with E-state index in [1.807, 2.05) is 31.3 Å². The van der Waals surface area contributed by atoms with Gasteiger partial charge in [0, 0.05) is 33.4 Å². The molecule has 0 aromatic carbocycles. The van der Waals surface area contributed by atoms with Gasteiger partial charge in [0.25, 0.3) is 0 Å². The van der Waals surface area contributed by atoms with Crippen LogP contribution in [0.3, 0.4) is 0 Å². The maximum Gasteiger partial charge on any atom is 0.191 e. The maximum atomic E-state index is 4.65.